The van der Waals surface area contributed by atoms with Crippen molar-refractivity contribution in [2.45, 2.75) is 25.8 Å². The Morgan fingerprint density at radius 1 is 1.10 bits per heavy atom. The average Bonchev–Trinajstić information content (AvgIpc) is 2.91. The minimum absolute atomic E-state index is 0.0339. The molecular formula is C17H18N2O. The number of hydrogen-bond donors (Lipinski definition) is 1. The van der Waals surface area contributed by atoms with Crippen molar-refractivity contribution in [3.05, 3.63) is 54.1 Å². The third kappa shape index (κ3) is 2.21. The molecule has 0 amide bonds. The molecule has 0 aliphatic rings. The van der Waals surface area contributed by atoms with E-state index in [0.29, 0.717) is 0 Å². The number of hydrogen-bond acceptors (Lipinski definition) is 3. The zero-order valence-corrected chi connectivity index (χ0v) is 11.5. The third-order valence-electron chi connectivity index (χ3n) is 3.59. The Balaban J connectivity index is 2.15. The monoisotopic (exact) mass is 266 g/mol. The van der Waals surface area contributed by atoms with Gasteiger partial charge in [-0.1, -0.05) is 54.9 Å². The second-order valence-electron chi connectivity index (χ2n) is 5.01. The standard InChI is InChI=1S/C17H18N2O/c1-2-7-15(18)12-8-3-4-9-13(12)17-14-10-5-6-11-16(14)20-19-17/h3-6,8-11,15H,2,7,18H2,1H3. The van der Waals surface area contributed by atoms with E-state index in [0.717, 1.165) is 40.6 Å². The van der Waals surface area contributed by atoms with Crippen molar-refractivity contribution in [2.75, 3.05) is 0 Å². The van der Waals surface area contributed by atoms with Crippen LogP contribution in [0.5, 0.6) is 0 Å². The molecule has 2 aromatic carbocycles. The summed E-state index contributed by atoms with van der Waals surface area (Å²) in [5, 5.41) is 5.27. The van der Waals surface area contributed by atoms with Crippen LogP contribution in [0.25, 0.3) is 22.2 Å². The Bertz CT molecular complexity index is 718. The van der Waals surface area contributed by atoms with E-state index in [1.807, 2.05) is 36.4 Å². The summed E-state index contributed by atoms with van der Waals surface area (Å²) in [6.07, 6.45) is 2.03. The fourth-order valence-electron chi connectivity index (χ4n) is 2.58. The van der Waals surface area contributed by atoms with Gasteiger partial charge in [0.2, 0.25) is 0 Å². The van der Waals surface area contributed by atoms with Gasteiger partial charge in [-0.3, -0.25) is 0 Å². The van der Waals surface area contributed by atoms with E-state index in [1.54, 1.807) is 0 Å². The number of aromatic nitrogens is 1. The SMILES string of the molecule is CCCC(N)c1ccccc1-c1noc2ccccc12. The topological polar surface area (TPSA) is 52.0 Å². The summed E-state index contributed by atoms with van der Waals surface area (Å²) in [6.45, 7) is 2.15. The molecule has 0 bridgehead atoms. The molecule has 0 spiro atoms. The highest BCUT2D eigenvalue weighted by molar-refractivity contribution is 5.92. The number of nitrogens with zero attached hydrogens (tertiary/aromatic N) is 1. The zero-order valence-electron chi connectivity index (χ0n) is 11.5. The lowest BCUT2D eigenvalue weighted by atomic mass is 9.95. The van der Waals surface area contributed by atoms with E-state index in [-0.39, 0.29) is 6.04 Å². The Morgan fingerprint density at radius 3 is 2.70 bits per heavy atom. The molecule has 102 valence electrons. The predicted octanol–water partition coefficient (Wildman–Crippen LogP) is 4.29. The maximum atomic E-state index is 6.30. The van der Waals surface area contributed by atoms with Gasteiger partial charge < -0.3 is 10.3 Å². The maximum Gasteiger partial charge on any atom is 0.167 e. The molecule has 0 saturated heterocycles. The molecule has 3 rings (SSSR count). The molecule has 2 N–H and O–H groups in total. The highest BCUT2D eigenvalue weighted by Crippen LogP contribution is 2.33. The molecule has 1 atom stereocenters. The minimum atomic E-state index is 0.0339. The van der Waals surface area contributed by atoms with Gasteiger partial charge in [-0.25, -0.2) is 0 Å². The summed E-state index contributed by atoms with van der Waals surface area (Å²) >= 11 is 0. The lowest BCUT2D eigenvalue weighted by Gasteiger charge is -2.14. The molecule has 3 nitrogen and oxygen atoms in total. The Kier molecular flexibility index (Phi) is 3.52. The van der Waals surface area contributed by atoms with Crippen LogP contribution in [0.3, 0.4) is 0 Å². The van der Waals surface area contributed by atoms with Gasteiger partial charge in [0.05, 0.1) is 0 Å². The first-order valence-corrected chi connectivity index (χ1v) is 7.00. The highest BCUT2D eigenvalue weighted by atomic mass is 16.5. The summed E-state index contributed by atoms with van der Waals surface area (Å²) in [5.74, 6) is 0. The smallest absolute Gasteiger partial charge is 0.167 e. The van der Waals surface area contributed by atoms with Gasteiger partial charge >= 0.3 is 0 Å². The van der Waals surface area contributed by atoms with E-state index < -0.39 is 0 Å². The molecule has 0 aliphatic carbocycles. The summed E-state index contributed by atoms with van der Waals surface area (Å²) in [6, 6.07) is 16.1. The largest absolute Gasteiger partial charge is 0.356 e. The van der Waals surface area contributed by atoms with Gasteiger partial charge in [0.25, 0.3) is 0 Å². The number of nitrogens with two attached hydrogens (primary N) is 1. The Morgan fingerprint density at radius 2 is 1.85 bits per heavy atom. The van der Waals surface area contributed by atoms with Crippen molar-refractivity contribution in [1.29, 1.82) is 0 Å². The van der Waals surface area contributed by atoms with E-state index >= 15 is 0 Å². The normalized spacial score (nSPS) is 12.7. The summed E-state index contributed by atoms with van der Waals surface area (Å²) in [5.41, 5.74) is 10.2. The molecule has 3 aromatic rings. The second-order valence-corrected chi connectivity index (χ2v) is 5.01. The first kappa shape index (κ1) is 12.9. The van der Waals surface area contributed by atoms with Crippen LogP contribution >= 0.6 is 0 Å². The quantitative estimate of drug-likeness (QED) is 0.766. The minimum Gasteiger partial charge on any atom is -0.356 e. The highest BCUT2D eigenvalue weighted by Gasteiger charge is 2.16. The van der Waals surface area contributed by atoms with Crippen molar-refractivity contribution in [1.82, 2.24) is 5.16 Å². The molecule has 3 heteroatoms. The molecule has 0 saturated carbocycles. The van der Waals surface area contributed by atoms with Crippen molar-refractivity contribution >= 4 is 11.0 Å². The van der Waals surface area contributed by atoms with E-state index in [1.165, 1.54) is 0 Å². The zero-order chi connectivity index (χ0) is 13.9. The van der Waals surface area contributed by atoms with E-state index in [2.05, 4.69) is 24.2 Å². The fraction of sp³-hybridized carbons (Fsp3) is 0.235. The predicted molar refractivity (Wildman–Crippen MR) is 81.3 cm³/mol. The molecule has 0 aliphatic heterocycles. The average molecular weight is 266 g/mol. The van der Waals surface area contributed by atoms with Crippen LogP contribution < -0.4 is 5.73 Å². The summed E-state index contributed by atoms with van der Waals surface area (Å²) in [7, 11) is 0. The van der Waals surface area contributed by atoms with Gasteiger partial charge in [-0.2, -0.15) is 0 Å². The number of para-hydroxylation sites is 1. The second kappa shape index (κ2) is 5.47. The van der Waals surface area contributed by atoms with Gasteiger partial charge in [0.15, 0.2) is 5.58 Å². The first-order chi connectivity index (χ1) is 9.81. The van der Waals surface area contributed by atoms with Crippen LogP contribution in [0, 0.1) is 0 Å². The lowest BCUT2D eigenvalue weighted by molar-refractivity contribution is 0.459. The van der Waals surface area contributed by atoms with Crippen LogP contribution in [-0.2, 0) is 0 Å². The molecule has 20 heavy (non-hydrogen) atoms. The van der Waals surface area contributed by atoms with Crippen LogP contribution in [0.15, 0.2) is 53.1 Å². The van der Waals surface area contributed by atoms with E-state index in [9.17, 15) is 0 Å². The number of rotatable bonds is 4. The van der Waals surface area contributed by atoms with E-state index in [4.69, 9.17) is 10.3 Å². The van der Waals surface area contributed by atoms with Gasteiger partial charge in [-0.05, 0) is 24.1 Å². The van der Waals surface area contributed by atoms with Crippen LogP contribution in [0.1, 0.15) is 31.4 Å². The molecule has 1 unspecified atom stereocenters. The first-order valence-electron chi connectivity index (χ1n) is 7.00. The van der Waals surface area contributed by atoms with Crippen molar-refractivity contribution in [3.63, 3.8) is 0 Å². The molecule has 1 aromatic heterocycles. The van der Waals surface area contributed by atoms with Gasteiger partial charge in [0, 0.05) is 17.0 Å². The molecule has 0 fully saturated rings. The fourth-order valence-corrected chi connectivity index (χ4v) is 2.58. The number of fused-ring (bicyclic) bond motifs is 1. The lowest BCUT2D eigenvalue weighted by Crippen LogP contribution is -2.11. The molecular weight excluding hydrogens is 248 g/mol. The van der Waals surface area contributed by atoms with Crippen molar-refractivity contribution < 1.29 is 4.52 Å². The van der Waals surface area contributed by atoms with Crippen LogP contribution in [-0.4, -0.2) is 5.16 Å². The molecule has 0 radical (unpaired) electrons. The van der Waals surface area contributed by atoms with Gasteiger partial charge in [-0.15, -0.1) is 0 Å². The number of benzene rings is 2. The van der Waals surface area contributed by atoms with Crippen molar-refractivity contribution in [3.8, 4) is 11.3 Å². The summed E-state index contributed by atoms with van der Waals surface area (Å²) < 4.78 is 5.41. The van der Waals surface area contributed by atoms with Crippen LogP contribution in [0.2, 0.25) is 0 Å². The maximum absolute atomic E-state index is 6.30. The Hall–Kier alpha value is -2.13. The Labute approximate surface area is 118 Å². The third-order valence-corrected chi connectivity index (χ3v) is 3.59. The molecule has 1 heterocycles. The van der Waals surface area contributed by atoms with Crippen molar-refractivity contribution in [2.24, 2.45) is 5.73 Å². The van der Waals surface area contributed by atoms with Gasteiger partial charge in [0.1, 0.15) is 5.69 Å². The van der Waals surface area contributed by atoms with Crippen LogP contribution in [0.4, 0.5) is 0 Å². The summed E-state index contributed by atoms with van der Waals surface area (Å²) in [4.78, 5) is 0.